The molecule has 1 aromatic heterocycles. The summed E-state index contributed by atoms with van der Waals surface area (Å²) < 4.78 is 12.7. The average Bonchev–Trinajstić information content (AvgIpc) is 2.88. The van der Waals surface area contributed by atoms with Crippen molar-refractivity contribution in [3.63, 3.8) is 0 Å². The number of aromatic nitrogens is 1. The number of nitrogens with zero attached hydrogens (tertiary/aromatic N) is 1. The monoisotopic (exact) mass is 181 g/mol. The maximum Gasteiger partial charge on any atom is 0.141 e. The van der Waals surface area contributed by atoms with Gasteiger partial charge in [0.2, 0.25) is 0 Å². The summed E-state index contributed by atoms with van der Waals surface area (Å²) in [5.41, 5.74) is 0.590. The van der Waals surface area contributed by atoms with Crippen LogP contribution in [0.1, 0.15) is 30.9 Å². The van der Waals surface area contributed by atoms with Gasteiger partial charge in [-0.05, 0) is 18.4 Å². The smallest absolute Gasteiger partial charge is 0.141 e. The van der Waals surface area contributed by atoms with Crippen molar-refractivity contribution in [3.8, 4) is 0 Å². The summed E-state index contributed by atoms with van der Waals surface area (Å²) in [4.78, 5) is 3.70. The number of pyridine rings is 1. The number of aliphatic hydroxyl groups is 1. The lowest BCUT2D eigenvalue weighted by atomic mass is 10.1. The highest BCUT2D eigenvalue weighted by atomic mass is 19.1. The Morgan fingerprint density at radius 1 is 1.54 bits per heavy atom. The van der Waals surface area contributed by atoms with Gasteiger partial charge in [-0.2, -0.15) is 0 Å². The first-order valence-electron chi connectivity index (χ1n) is 4.54. The predicted molar refractivity (Wildman–Crippen MR) is 46.5 cm³/mol. The zero-order chi connectivity index (χ0) is 9.26. The van der Waals surface area contributed by atoms with E-state index in [1.807, 2.05) is 0 Å². The molecule has 1 fully saturated rings. The van der Waals surface area contributed by atoms with Gasteiger partial charge < -0.3 is 5.11 Å². The Morgan fingerprint density at radius 2 is 2.31 bits per heavy atom. The molecule has 0 saturated heterocycles. The fraction of sp³-hybridized carbons (Fsp3) is 0.500. The van der Waals surface area contributed by atoms with Crippen LogP contribution in [0, 0.1) is 11.7 Å². The maximum atomic E-state index is 12.7. The van der Waals surface area contributed by atoms with Gasteiger partial charge in [0.15, 0.2) is 0 Å². The van der Waals surface area contributed by atoms with Crippen LogP contribution < -0.4 is 0 Å². The molecule has 1 unspecified atom stereocenters. The van der Waals surface area contributed by atoms with Gasteiger partial charge in [-0.15, -0.1) is 0 Å². The summed E-state index contributed by atoms with van der Waals surface area (Å²) in [5.74, 6) is 0.255. The summed E-state index contributed by atoms with van der Waals surface area (Å²) in [6.45, 7) is 0. The lowest BCUT2D eigenvalue weighted by Gasteiger charge is -2.08. The van der Waals surface area contributed by atoms with Gasteiger partial charge in [-0.25, -0.2) is 4.39 Å². The number of halogens is 1. The van der Waals surface area contributed by atoms with Crippen molar-refractivity contribution in [1.82, 2.24) is 4.98 Å². The molecule has 1 aromatic rings. The summed E-state index contributed by atoms with van der Waals surface area (Å²) in [6.07, 6.45) is 5.25. The van der Waals surface area contributed by atoms with Crippen LogP contribution in [-0.2, 0) is 0 Å². The van der Waals surface area contributed by atoms with Gasteiger partial charge in [0, 0.05) is 11.8 Å². The topological polar surface area (TPSA) is 33.1 Å². The molecular formula is C10H12FNO. The molecule has 0 bridgehead atoms. The van der Waals surface area contributed by atoms with Crippen molar-refractivity contribution in [3.05, 3.63) is 29.8 Å². The fourth-order valence-corrected chi connectivity index (χ4v) is 1.42. The van der Waals surface area contributed by atoms with Crippen LogP contribution >= 0.6 is 0 Å². The molecule has 1 atom stereocenters. The summed E-state index contributed by atoms with van der Waals surface area (Å²) in [5, 5.41) is 9.65. The lowest BCUT2D eigenvalue weighted by molar-refractivity contribution is 0.159. The highest BCUT2D eigenvalue weighted by molar-refractivity contribution is 5.13. The first-order chi connectivity index (χ1) is 6.25. The second-order valence-electron chi connectivity index (χ2n) is 3.63. The zero-order valence-electron chi connectivity index (χ0n) is 7.28. The fourth-order valence-electron chi connectivity index (χ4n) is 1.42. The molecule has 2 nitrogen and oxygen atoms in total. The Kier molecular flexibility index (Phi) is 2.27. The van der Waals surface area contributed by atoms with Crippen LogP contribution in [0.3, 0.4) is 0 Å². The summed E-state index contributed by atoms with van der Waals surface area (Å²) >= 11 is 0. The van der Waals surface area contributed by atoms with Gasteiger partial charge in [0.25, 0.3) is 0 Å². The van der Waals surface area contributed by atoms with Crippen LogP contribution in [0.2, 0.25) is 0 Å². The van der Waals surface area contributed by atoms with Crippen molar-refractivity contribution in [1.29, 1.82) is 0 Å². The molecule has 0 aliphatic heterocycles. The molecule has 1 heterocycles. The summed E-state index contributed by atoms with van der Waals surface area (Å²) in [6, 6.07) is 1.35. The molecule has 0 spiro atoms. The molecule has 0 aromatic carbocycles. The molecule has 3 heteroatoms. The molecule has 0 radical (unpaired) electrons. The van der Waals surface area contributed by atoms with E-state index in [9.17, 15) is 9.50 Å². The Balaban J connectivity index is 2.04. The molecule has 0 amide bonds. The van der Waals surface area contributed by atoms with Crippen molar-refractivity contribution in [2.45, 2.75) is 25.4 Å². The molecule has 1 saturated carbocycles. The third kappa shape index (κ3) is 2.25. The minimum absolute atomic E-state index is 0.382. The van der Waals surface area contributed by atoms with Crippen LogP contribution in [-0.4, -0.2) is 10.1 Å². The Labute approximate surface area is 76.4 Å². The van der Waals surface area contributed by atoms with Crippen LogP contribution in [0.4, 0.5) is 4.39 Å². The molecule has 70 valence electrons. The van der Waals surface area contributed by atoms with Gasteiger partial charge in [0.05, 0.1) is 12.3 Å². The van der Waals surface area contributed by atoms with Crippen LogP contribution in [0.15, 0.2) is 18.5 Å². The second-order valence-corrected chi connectivity index (χ2v) is 3.63. The van der Waals surface area contributed by atoms with Crippen LogP contribution in [0.5, 0.6) is 0 Å². The van der Waals surface area contributed by atoms with E-state index in [1.54, 1.807) is 0 Å². The number of aliphatic hydroxyl groups excluding tert-OH is 1. The summed E-state index contributed by atoms with van der Waals surface area (Å²) in [7, 11) is 0. The molecule has 2 rings (SSSR count). The minimum Gasteiger partial charge on any atom is -0.388 e. The zero-order valence-corrected chi connectivity index (χ0v) is 7.28. The molecular weight excluding hydrogens is 169 g/mol. The van der Waals surface area contributed by atoms with Gasteiger partial charge in [-0.3, -0.25) is 4.98 Å². The van der Waals surface area contributed by atoms with E-state index in [1.165, 1.54) is 25.1 Å². The third-order valence-corrected chi connectivity index (χ3v) is 2.36. The van der Waals surface area contributed by atoms with Crippen molar-refractivity contribution in [2.24, 2.45) is 5.92 Å². The Hall–Kier alpha value is -0.960. The average molecular weight is 181 g/mol. The first kappa shape index (κ1) is 8.63. The number of rotatable bonds is 3. The Morgan fingerprint density at radius 3 is 2.92 bits per heavy atom. The third-order valence-electron chi connectivity index (χ3n) is 2.36. The van der Waals surface area contributed by atoms with Crippen molar-refractivity contribution >= 4 is 0 Å². The molecule has 1 aliphatic rings. The van der Waals surface area contributed by atoms with E-state index in [0.717, 1.165) is 12.6 Å². The highest BCUT2D eigenvalue weighted by Crippen LogP contribution is 2.37. The number of hydrogen-bond donors (Lipinski definition) is 1. The second kappa shape index (κ2) is 3.42. The molecule has 1 aliphatic carbocycles. The normalized spacial score (nSPS) is 18.6. The minimum atomic E-state index is -0.546. The van der Waals surface area contributed by atoms with E-state index in [4.69, 9.17) is 0 Å². The van der Waals surface area contributed by atoms with Crippen molar-refractivity contribution < 1.29 is 9.50 Å². The maximum absolute atomic E-state index is 12.7. The molecule has 1 N–H and O–H groups in total. The number of hydrogen-bond acceptors (Lipinski definition) is 2. The van der Waals surface area contributed by atoms with E-state index in [2.05, 4.69) is 4.98 Å². The first-order valence-corrected chi connectivity index (χ1v) is 4.54. The highest BCUT2D eigenvalue weighted by Gasteiger charge is 2.25. The van der Waals surface area contributed by atoms with E-state index in [0.29, 0.717) is 11.5 Å². The van der Waals surface area contributed by atoms with Gasteiger partial charge in [0.1, 0.15) is 5.82 Å². The van der Waals surface area contributed by atoms with Gasteiger partial charge in [-0.1, -0.05) is 12.8 Å². The van der Waals surface area contributed by atoms with Crippen molar-refractivity contribution in [2.75, 3.05) is 0 Å². The lowest BCUT2D eigenvalue weighted by Crippen LogP contribution is -1.99. The Bertz CT molecular complexity index is 299. The van der Waals surface area contributed by atoms with E-state index in [-0.39, 0.29) is 5.82 Å². The predicted octanol–water partition coefficient (Wildman–Crippen LogP) is 2.05. The standard InChI is InChI=1S/C10H12FNO/c11-9-4-8(5-12-6-9)10(13)3-7-1-2-7/h4-7,10,13H,1-3H2. The van der Waals surface area contributed by atoms with E-state index >= 15 is 0 Å². The SMILES string of the molecule is OC(CC1CC1)c1cncc(F)c1. The molecule has 13 heavy (non-hydrogen) atoms. The largest absolute Gasteiger partial charge is 0.388 e. The van der Waals surface area contributed by atoms with Gasteiger partial charge >= 0.3 is 0 Å². The van der Waals surface area contributed by atoms with Crippen LogP contribution in [0.25, 0.3) is 0 Å². The quantitative estimate of drug-likeness (QED) is 0.774. The van der Waals surface area contributed by atoms with E-state index < -0.39 is 6.10 Å².